The maximum absolute atomic E-state index is 12.5. The van der Waals surface area contributed by atoms with Gasteiger partial charge in [0.15, 0.2) is 0 Å². The zero-order valence-corrected chi connectivity index (χ0v) is 17.1. The summed E-state index contributed by atoms with van der Waals surface area (Å²) in [5.41, 5.74) is 1.65. The third kappa shape index (κ3) is 4.06. The first-order valence-corrected chi connectivity index (χ1v) is 11.0. The van der Waals surface area contributed by atoms with Gasteiger partial charge in [0.1, 0.15) is 0 Å². The predicted octanol–water partition coefficient (Wildman–Crippen LogP) is 4.89. The molecule has 0 radical (unpaired) electrons. The molecular formula is C17H16Cl2N2O3S2. The van der Waals surface area contributed by atoms with Gasteiger partial charge in [0.25, 0.3) is 0 Å². The lowest BCUT2D eigenvalue weighted by Gasteiger charge is -2.11. The van der Waals surface area contributed by atoms with Gasteiger partial charge in [-0.2, -0.15) is 0 Å². The monoisotopic (exact) mass is 430 g/mol. The number of hydrogen-bond donors (Lipinski definition) is 1. The highest BCUT2D eigenvalue weighted by molar-refractivity contribution is 7.91. The standard InChI is InChI=1S/C17H16Cl2N2O3S2/c1-10(2)21-15-6-5-13(8-16(15)25-17(21)22)20-26(23,24)9-11-3-4-12(18)7-14(11)19/h3-8,10,20H,9H2,1-2H3. The number of nitrogens with one attached hydrogen (secondary N) is 1. The fraction of sp³-hybridized carbons (Fsp3) is 0.235. The quantitative estimate of drug-likeness (QED) is 0.625. The molecule has 5 nitrogen and oxygen atoms in total. The lowest BCUT2D eigenvalue weighted by Crippen LogP contribution is -2.15. The number of aromatic nitrogens is 1. The first-order chi connectivity index (χ1) is 12.2. The summed E-state index contributed by atoms with van der Waals surface area (Å²) < 4.78 is 29.9. The van der Waals surface area contributed by atoms with Crippen LogP contribution >= 0.6 is 34.5 Å². The minimum Gasteiger partial charge on any atom is -0.296 e. The highest BCUT2D eigenvalue weighted by Gasteiger charge is 2.16. The third-order valence-corrected chi connectivity index (χ3v) is 6.51. The first-order valence-electron chi connectivity index (χ1n) is 7.76. The van der Waals surface area contributed by atoms with Crippen molar-refractivity contribution in [3.8, 4) is 0 Å². The SMILES string of the molecule is CC(C)n1c(=O)sc2cc(NS(=O)(=O)Cc3ccc(Cl)cc3Cl)ccc21. The van der Waals surface area contributed by atoms with Gasteiger partial charge in [0, 0.05) is 16.1 Å². The van der Waals surface area contributed by atoms with E-state index in [-0.39, 0.29) is 16.7 Å². The number of sulfonamides is 1. The van der Waals surface area contributed by atoms with Crippen molar-refractivity contribution in [3.63, 3.8) is 0 Å². The maximum atomic E-state index is 12.5. The van der Waals surface area contributed by atoms with E-state index in [9.17, 15) is 13.2 Å². The molecule has 0 unspecified atom stereocenters. The summed E-state index contributed by atoms with van der Waals surface area (Å²) in [6.07, 6.45) is 0. The van der Waals surface area contributed by atoms with E-state index in [1.54, 1.807) is 34.9 Å². The Balaban J connectivity index is 1.89. The van der Waals surface area contributed by atoms with Gasteiger partial charge in [-0.1, -0.05) is 40.6 Å². The highest BCUT2D eigenvalue weighted by atomic mass is 35.5. The molecular weight excluding hydrogens is 415 g/mol. The van der Waals surface area contributed by atoms with Gasteiger partial charge in [-0.25, -0.2) is 8.42 Å². The Labute approximate surface area is 165 Å². The van der Waals surface area contributed by atoms with E-state index in [0.717, 1.165) is 21.6 Å². The smallest absolute Gasteiger partial charge is 0.296 e. The molecule has 0 atom stereocenters. The van der Waals surface area contributed by atoms with Crippen LogP contribution in [-0.2, 0) is 15.8 Å². The normalized spacial score (nSPS) is 12.0. The van der Waals surface area contributed by atoms with Gasteiger partial charge >= 0.3 is 4.87 Å². The number of hydrogen-bond acceptors (Lipinski definition) is 4. The summed E-state index contributed by atoms with van der Waals surface area (Å²) in [5, 5.41) is 0.740. The summed E-state index contributed by atoms with van der Waals surface area (Å²) in [6.45, 7) is 3.86. The second-order valence-corrected chi connectivity index (χ2v) is 9.67. The van der Waals surface area contributed by atoms with Crippen LogP contribution in [0.1, 0.15) is 25.5 Å². The number of thiazole rings is 1. The summed E-state index contributed by atoms with van der Waals surface area (Å²) in [4.78, 5) is 12.0. The summed E-state index contributed by atoms with van der Waals surface area (Å²) >= 11 is 13.0. The summed E-state index contributed by atoms with van der Waals surface area (Å²) in [5.74, 6) is -0.274. The number of nitrogens with zero attached hydrogens (tertiary/aromatic N) is 1. The summed E-state index contributed by atoms with van der Waals surface area (Å²) in [6, 6.07) is 9.78. The molecule has 3 rings (SSSR count). The van der Waals surface area contributed by atoms with Crippen molar-refractivity contribution in [1.29, 1.82) is 0 Å². The van der Waals surface area contributed by atoms with Gasteiger partial charge in [0.2, 0.25) is 10.0 Å². The molecule has 0 aliphatic heterocycles. The van der Waals surface area contributed by atoms with Crippen molar-refractivity contribution in [2.45, 2.75) is 25.6 Å². The van der Waals surface area contributed by atoms with E-state index in [4.69, 9.17) is 23.2 Å². The van der Waals surface area contributed by atoms with Crippen LogP contribution in [0.2, 0.25) is 10.0 Å². The predicted molar refractivity (Wildman–Crippen MR) is 109 cm³/mol. The lowest BCUT2D eigenvalue weighted by molar-refractivity contribution is 0.600. The fourth-order valence-corrected chi connectivity index (χ4v) is 5.47. The molecule has 0 bridgehead atoms. The van der Waals surface area contributed by atoms with E-state index in [1.807, 2.05) is 13.8 Å². The van der Waals surface area contributed by atoms with E-state index in [0.29, 0.717) is 21.3 Å². The molecule has 0 fully saturated rings. The van der Waals surface area contributed by atoms with Crippen LogP contribution in [-0.4, -0.2) is 13.0 Å². The Morgan fingerprint density at radius 1 is 1.15 bits per heavy atom. The van der Waals surface area contributed by atoms with Gasteiger partial charge in [-0.05, 0) is 49.7 Å². The Morgan fingerprint density at radius 2 is 1.88 bits per heavy atom. The van der Waals surface area contributed by atoms with Gasteiger partial charge in [0.05, 0.1) is 21.7 Å². The second-order valence-electron chi connectivity index (χ2n) is 6.11. The van der Waals surface area contributed by atoms with E-state index in [2.05, 4.69) is 4.72 Å². The molecule has 1 N–H and O–H groups in total. The van der Waals surface area contributed by atoms with Crippen molar-refractivity contribution in [2.24, 2.45) is 0 Å². The maximum Gasteiger partial charge on any atom is 0.308 e. The molecule has 3 aromatic rings. The Bertz CT molecular complexity index is 1130. The fourth-order valence-electron chi connectivity index (χ4n) is 2.65. The van der Waals surface area contributed by atoms with Crippen molar-refractivity contribution in [3.05, 3.63) is 61.7 Å². The Kier molecular flexibility index (Phi) is 5.35. The molecule has 0 saturated carbocycles. The summed E-state index contributed by atoms with van der Waals surface area (Å²) in [7, 11) is -3.67. The molecule has 0 aliphatic carbocycles. The van der Waals surface area contributed by atoms with Crippen LogP contribution in [0.5, 0.6) is 0 Å². The van der Waals surface area contributed by atoms with Gasteiger partial charge < -0.3 is 0 Å². The zero-order valence-electron chi connectivity index (χ0n) is 14.0. The molecule has 0 aliphatic rings. The van der Waals surface area contributed by atoms with E-state index in [1.165, 1.54) is 6.07 Å². The van der Waals surface area contributed by atoms with E-state index >= 15 is 0 Å². The number of rotatable bonds is 5. The van der Waals surface area contributed by atoms with Crippen molar-refractivity contribution < 1.29 is 8.42 Å². The topological polar surface area (TPSA) is 68.2 Å². The lowest BCUT2D eigenvalue weighted by atomic mass is 10.2. The molecule has 9 heteroatoms. The van der Waals surface area contributed by atoms with Crippen LogP contribution in [0.4, 0.5) is 5.69 Å². The van der Waals surface area contributed by atoms with Crippen LogP contribution in [0.15, 0.2) is 41.2 Å². The number of anilines is 1. The average molecular weight is 431 g/mol. The van der Waals surface area contributed by atoms with Crippen LogP contribution < -0.4 is 9.60 Å². The number of fused-ring (bicyclic) bond motifs is 1. The number of benzene rings is 2. The molecule has 1 heterocycles. The van der Waals surface area contributed by atoms with E-state index < -0.39 is 10.0 Å². The van der Waals surface area contributed by atoms with Gasteiger partial charge in [-0.3, -0.25) is 14.1 Å². The third-order valence-electron chi connectivity index (χ3n) is 3.76. The van der Waals surface area contributed by atoms with Crippen molar-refractivity contribution >= 4 is 60.5 Å². The van der Waals surface area contributed by atoms with Crippen LogP contribution in [0, 0.1) is 0 Å². The van der Waals surface area contributed by atoms with Crippen molar-refractivity contribution in [2.75, 3.05) is 4.72 Å². The molecule has 0 saturated heterocycles. The van der Waals surface area contributed by atoms with Gasteiger partial charge in [-0.15, -0.1) is 0 Å². The molecule has 26 heavy (non-hydrogen) atoms. The first kappa shape index (κ1) is 19.2. The minimum atomic E-state index is -3.67. The Hall–Kier alpha value is -1.54. The highest BCUT2D eigenvalue weighted by Crippen LogP contribution is 2.26. The molecule has 0 spiro atoms. The Morgan fingerprint density at radius 3 is 2.54 bits per heavy atom. The number of halogens is 2. The molecule has 1 aromatic heterocycles. The largest absolute Gasteiger partial charge is 0.308 e. The zero-order chi connectivity index (χ0) is 19.1. The van der Waals surface area contributed by atoms with Crippen LogP contribution in [0.3, 0.4) is 0 Å². The second kappa shape index (κ2) is 7.23. The molecule has 138 valence electrons. The average Bonchev–Trinajstić information content (AvgIpc) is 2.84. The molecule has 0 amide bonds. The van der Waals surface area contributed by atoms with Crippen molar-refractivity contribution in [1.82, 2.24) is 4.57 Å². The van der Waals surface area contributed by atoms with Crippen LogP contribution in [0.25, 0.3) is 10.2 Å². The molecule has 2 aromatic carbocycles. The minimum absolute atomic E-state index is 0.0332.